The molecular weight excluding hydrogens is 395 g/mol. The largest absolute Gasteiger partial charge is 0.350 e. The first kappa shape index (κ1) is 19.3. The Labute approximate surface area is 178 Å². The second-order valence-electron chi connectivity index (χ2n) is 7.70. The summed E-state index contributed by atoms with van der Waals surface area (Å²) in [6.45, 7) is 1.26. The molecule has 5 rings (SSSR count). The van der Waals surface area contributed by atoms with Crippen LogP contribution < -0.4 is 16.1 Å². The number of nitrogens with two attached hydrogens (primary N) is 1. The van der Waals surface area contributed by atoms with Gasteiger partial charge in [0.25, 0.3) is 0 Å². The van der Waals surface area contributed by atoms with E-state index in [0.29, 0.717) is 18.9 Å². The van der Waals surface area contributed by atoms with Gasteiger partial charge < -0.3 is 14.9 Å². The number of aromatic nitrogens is 2. The fraction of sp³-hybridized carbons (Fsp3) is 0.217. The Hall–Kier alpha value is -3.65. The first-order chi connectivity index (χ1) is 15.1. The molecule has 0 bridgehead atoms. The van der Waals surface area contributed by atoms with Crippen LogP contribution in [0.2, 0.25) is 0 Å². The monoisotopic (exact) mass is 418 g/mol. The maximum Gasteiger partial charge on any atom is 0.177 e. The number of carbonyl (C=O) groups excluding carboxylic acids is 1. The minimum Gasteiger partial charge on any atom is -0.350 e. The lowest BCUT2D eigenvalue weighted by Crippen LogP contribution is -2.41. The fourth-order valence-corrected chi connectivity index (χ4v) is 4.32. The number of fused-ring (bicyclic) bond motifs is 2. The van der Waals surface area contributed by atoms with Crippen LogP contribution in [0.25, 0.3) is 21.8 Å². The van der Waals surface area contributed by atoms with Gasteiger partial charge in [0.15, 0.2) is 18.3 Å². The van der Waals surface area contributed by atoms with Crippen molar-refractivity contribution in [2.45, 2.75) is 19.1 Å². The Morgan fingerprint density at radius 3 is 2.81 bits per heavy atom. The quantitative estimate of drug-likeness (QED) is 0.472. The third-order valence-corrected chi connectivity index (χ3v) is 5.76. The van der Waals surface area contributed by atoms with Crippen LogP contribution in [0.5, 0.6) is 0 Å². The number of para-hydroxylation sites is 1. The zero-order chi connectivity index (χ0) is 21.5. The van der Waals surface area contributed by atoms with Crippen molar-refractivity contribution in [3.8, 4) is 0 Å². The number of hydrazone groups is 1. The predicted molar refractivity (Wildman–Crippen MR) is 120 cm³/mol. The Balaban J connectivity index is 1.70. The van der Waals surface area contributed by atoms with Gasteiger partial charge in [-0.05, 0) is 37.2 Å². The fourth-order valence-electron chi connectivity index (χ4n) is 4.32. The number of aryl methyl sites for hydroxylation is 2. The van der Waals surface area contributed by atoms with Crippen molar-refractivity contribution in [2.24, 2.45) is 17.9 Å². The Bertz CT molecular complexity index is 1320. The Morgan fingerprint density at radius 2 is 2.00 bits per heavy atom. The Morgan fingerprint density at radius 1 is 1.16 bits per heavy atom. The molecule has 0 aliphatic carbocycles. The molecule has 1 aliphatic heterocycles. The normalized spacial score (nSPS) is 16.2. The average Bonchev–Trinajstić information content (AvgIpc) is 3.45. The van der Waals surface area contributed by atoms with Gasteiger partial charge >= 0.3 is 0 Å². The zero-order valence-electron chi connectivity index (χ0n) is 17.1. The first-order valence-electron chi connectivity index (χ1n) is 10.2. The van der Waals surface area contributed by atoms with Crippen molar-refractivity contribution in [1.29, 1.82) is 0 Å². The van der Waals surface area contributed by atoms with Gasteiger partial charge in [-0.25, -0.2) is 4.39 Å². The first-order valence-corrected chi connectivity index (χ1v) is 10.2. The Kier molecular flexibility index (Phi) is 4.71. The highest BCUT2D eigenvalue weighted by Crippen LogP contribution is 2.35. The smallest absolute Gasteiger partial charge is 0.177 e. The molecule has 2 aromatic carbocycles. The number of hydrogen-bond donors (Lipinski definition) is 2. The molecule has 0 amide bonds. The summed E-state index contributed by atoms with van der Waals surface area (Å²) >= 11 is 0. The lowest BCUT2D eigenvalue weighted by atomic mass is 10.1. The number of anilines is 1. The van der Waals surface area contributed by atoms with Gasteiger partial charge in [0.2, 0.25) is 0 Å². The second-order valence-corrected chi connectivity index (χ2v) is 7.70. The summed E-state index contributed by atoms with van der Waals surface area (Å²) in [6.07, 6.45) is 4.86. The predicted octanol–water partition coefficient (Wildman–Crippen LogP) is 2.92. The summed E-state index contributed by atoms with van der Waals surface area (Å²) in [5.41, 5.74) is 12.2. The SMILES string of the molecule is Cn1cc(C2=NNC(C=O)N2c2cn(CCCN)c3ccc(F)cc23)c2ccccc21. The summed E-state index contributed by atoms with van der Waals surface area (Å²) in [6, 6.07) is 12.7. The van der Waals surface area contributed by atoms with E-state index in [-0.39, 0.29) is 5.82 Å². The molecule has 3 heterocycles. The molecule has 7 nitrogen and oxygen atoms in total. The van der Waals surface area contributed by atoms with Gasteiger partial charge in [-0.1, -0.05) is 18.2 Å². The minimum absolute atomic E-state index is 0.330. The maximum absolute atomic E-state index is 14.2. The van der Waals surface area contributed by atoms with Crippen molar-refractivity contribution in [1.82, 2.24) is 14.6 Å². The molecule has 4 aromatic rings. The van der Waals surface area contributed by atoms with Crippen molar-refractivity contribution in [3.63, 3.8) is 0 Å². The van der Waals surface area contributed by atoms with E-state index in [1.807, 2.05) is 53.2 Å². The van der Waals surface area contributed by atoms with Crippen LogP contribution in [-0.2, 0) is 18.4 Å². The lowest BCUT2D eigenvalue weighted by molar-refractivity contribution is -0.109. The highest BCUT2D eigenvalue weighted by molar-refractivity contribution is 6.21. The maximum atomic E-state index is 14.2. The van der Waals surface area contributed by atoms with Gasteiger partial charge in [-0.3, -0.25) is 15.1 Å². The molecule has 0 spiro atoms. The summed E-state index contributed by atoms with van der Waals surface area (Å²) in [5, 5.41) is 6.26. The average molecular weight is 418 g/mol. The number of nitrogens with zero attached hydrogens (tertiary/aromatic N) is 4. The number of amidine groups is 1. The molecule has 1 unspecified atom stereocenters. The van der Waals surface area contributed by atoms with E-state index in [2.05, 4.69) is 15.1 Å². The number of rotatable bonds is 6. The van der Waals surface area contributed by atoms with Gasteiger partial charge in [0.05, 0.1) is 11.2 Å². The van der Waals surface area contributed by atoms with Crippen LogP contribution in [0.15, 0.2) is 60.0 Å². The highest BCUT2D eigenvalue weighted by atomic mass is 19.1. The third kappa shape index (κ3) is 3.07. The van der Waals surface area contributed by atoms with Crippen LogP contribution in [0.3, 0.4) is 0 Å². The molecule has 0 saturated heterocycles. The highest BCUT2D eigenvalue weighted by Gasteiger charge is 2.33. The number of carbonyl (C=O) groups is 1. The summed E-state index contributed by atoms with van der Waals surface area (Å²) in [4.78, 5) is 13.8. The van der Waals surface area contributed by atoms with Gasteiger partial charge in [-0.15, -0.1) is 0 Å². The van der Waals surface area contributed by atoms with E-state index in [4.69, 9.17) is 5.73 Å². The van der Waals surface area contributed by atoms with E-state index in [0.717, 1.165) is 45.8 Å². The molecule has 1 aliphatic rings. The topological polar surface area (TPSA) is 80.6 Å². The van der Waals surface area contributed by atoms with Gasteiger partial charge in [0, 0.05) is 47.8 Å². The molecule has 8 heteroatoms. The summed E-state index contributed by atoms with van der Waals surface area (Å²) in [7, 11) is 1.98. The summed E-state index contributed by atoms with van der Waals surface area (Å²) < 4.78 is 18.3. The van der Waals surface area contributed by atoms with E-state index in [1.54, 1.807) is 6.07 Å². The molecule has 2 aromatic heterocycles. The van der Waals surface area contributed by atoms with Crippen LogP contribution >= 0.6 is 0 Å². The van der Waals surface area contributed by atoms with Crippen molar-refractivity contribution in [2.75, 3.05) is 11.4 Å². The summed E-state index contributed by atoms with van der Waals surface area (Å²) in [5.74, 6) is 0.291. The molecule has 0 radical (unpaired) electrons. The van der Waals surface area contributed by atoms with E-state index < -0.39 is 6.17 Å². The van der Waals surface area contributed by atoms with Crippen molar-refractivity contribution in [3.05, 3.63) is 66.2 Å². The molecule has 0 fully saturated rings. The van der Waals surface area contributed by atoms with Crippen LogP contribution in [0.4, 0.5) is 10.1 Å². The van der Waals surface area contributed by atoms with Crippen LogP contribution in [0.1, 0.15) is 12.0 Å². The molecular formula is C23H23FN6O. The molecule has 3 N–H and O–H groups in total. The third-order valence-electron chi connectivity index (χ3n) is 5.76. The molecule has 0 saturated carbocycles. The number of nitrogens with one attached hydrogen (secondary N) is 1. The molecule has 158 valence electrons. The number of benzene rings is 2. The van der Waals surface area contributed by atoms with E-state index in [9.17, 15) is 9.18 Å². The van der Waals surface area contributed by atoms with Crippen molar-refractivity contribution >= 4 is 39.6 Å². The second kappa shape index (κ2) is 7.55. The number of halogens is 1. The van der Waals surface area contributed by atoms with E-state index in [1.165, 1.54) is 12.1 Å². The standard InChI is InChI=1S/C23H23FN6O/c1-28-12-18(16-5-2-3-6-19(16)28)23-27-26-22(14-31)30(23)21-13-29(10-4-9-25)20-8-7-15(24)11-17(20)21/h2-3,5-8,11-14,22,26H,4,9-10,25H2,1H3. The number of aldehydes is 1. The molecule has 1 atom stereocenters. The molecule has 31 heavy (non-hydrogen) atoms. The lowest BCUT2D eigenvalue weighted by Gasteiger charge is -2.23. The van der Waals surface area contributed by atoms with Crippen LogP contribution in [0, 0.1) is 5.82 Å². The van der Waals surface area contributed by atoms with Crippen LogP contribution in [-0.4, -0.2) is 34.0 Å². The van der Waals surface area contributed by atoms with Crippen molar-refractivity contribution < 1.29 is 9.18 Å². The van der Waals surface area contributed by atoms with Gasteiger partial charge in [0.1, 0.15) is 5.82 Å². The number of hydrogen-bond acceptors (Lipinski definition) is 5. The van der Waals surface area contributed by atoms with E-state index >= 15 is 0 Å². The zero-order valence-corrected chi connectivity index (χ0v) is 17.1. The van der Waals surface area contributed by atoms with Gasteiger partial charge in [-0.2, -0.15) is 5.10 Å². The minimum atomic E-state index is -0.689.